The molecule has 2 saturated heterocycles. The van der Waals surface area contributed by atoms with Crippen LogP contribution in [0.1, 0.15) is 31.7 Å². The van der Waals surface area contributed by atoms with Crippen LogP contribution in [0.5, 0.6) is 11.8 Å². The molecule has 1 amide bonds. The van der Waals surface area contributed by atoms with Crippen LogP contribution in [0.15, 0.2) is 42.9 Å². The van der Waals surface area contributed by atoms with Gasteiger partial charge in [0, 0.05) is 56.0 Å². The van der Waals surface area contributed by atoms with Gasteiger partial charge in [-0.15, -0.1) is 0 Å². The Morgan fingerprint density at radius 3 is 2.78 bits per heavy atom. The molecular formula is C33H32F3N7O3. The zero-order valence-corrected chi connectivity index (χ0v) is 25.6. The van der Waals surface area contributed by atoms with Crippen molar-refractivity contribution in [3.05, 3.63) is 60.1 Å². The van der Waals surface area contributed by atoms with E-state index in [1.807, 2.05) is 0 Å². The van der Waals surface area contributed by atoms with Crippen molar-refractivity contribution >= 4 is 27.7 Å². The third-order valence-corrected chi connectivity index (χ3v) is 9.09. The fraction of sp³-hybridized carbons (Fsp3) is 0.364. The van der Waals surface area contributed by atoms with Gasteiger partial charge in [0.2, 0.25) is 0 Å². The van der Waals surface area contributed by atoms with Crippen LogP contribution in [-0.2, 0) is 6.42 Å². The van der Waals surface area contributed by atoms with Crippen molar-refractivity contribution in [2.45, 2.75) is 44.3 Å². The number of amides is 1. The molecule has 2 atom stereocenters. The smallest absolute Gasteiger partial charge is 0.344 e. The number of phenols is 1. The topological polar surface area (TPSA) is 110 Å². The van der Waals surface area contributed by atoms with Gasteiger partial charge in [-0.25, -0.2) is 18.0 Å². The van der Waals surface area contributed by atoms with E-state index in [-0.39, 0.29) is 46.2 Å². The number of alkyl halides is 1. The Morgan fingerprint density at radius 2 is 2.00 bits per heavy atom. The van der Waals surface area contributed by atoms with Gasteiger partial charge >= 0.3 is 12.0 Å². The quantitative estimate of drug-likeness (QED) is 0.253. The first-order chi connectivity index (χ1) is 22.1. The van der Waals surface area contributed by atoms with Crippen LogP contribution in [0.25, 0.3) is 44.2 Å². The normalized spacial score (nSPS) is 19.7. The standard InChI is InChI=1S/C33H32F3N7O3/c1-4-22-25(35)7-6-18-10-21(44)11-23(26(18)22)29-27(36)30-24(14-37-29)28(19-13-38-43(15-19)32(45)41(2)3)39-31(40-30)46-17-33-8-5-9-42(33)16-20(34)12-33/h6-7,10-11,13-15,20,44H,4-5,8-9,12,16-17H2,1-3H3/t20-,33+/m1/s1. The predicted octanol–water partition coefficient (Wildman–Crippen LogP) is 5.74. The summed E-state index contributed by atoms with van der Waals surface area (Å²) in [6.45, 7) is 3.03. The number of nitrogens with zero attached hydrogens (tertiary/aromatic N) is 7. The highest BCUT2D eigenvalue weighted by Gasteiger charge is 2.49. The molecule has 238 valence electrons. The van der Waals surface area contributed by atoms with E-state index in [0.29, 0.717) is 41.3 Å². The number of halogens is 3. The van der Waals surface area contributed by atoms with E-state index >= 15 is 4.39 Å². The molecule has 0 bridgehead atoms. The van der Waals surface area contributed by atoms with Crippen LogP contribution in [0.2, 0.25) is 0 Å². The maximum atomic E-state index is 16.7. The molecule has 0 saturated carbocycles. The Balaban J connectivity index is 1.40. The van der Waals surface area contributed by atoms with Crippen molar-refractivity contribution in [2.24, 2.45) is 0 Å². The van der Waals surface area contributed by atoms with Gasteiger partial charge < -0.3 is 14.7 Å². The summed E-state index contributed by atoms with van der Waals surface area (Å²) >= 11 is 0. The van der Waals surface area contributed by atoms with Crippen molar-refractivity contribution in [2.75, 3.05) is 33.8 Å². The number of fused-ring (bicyclic) bond motifs is 3. The maximum Gasteiger partial charge on any atom is 0.344 e. The molecule has 2 aliphatic heterocycles. The van der Waals surface area contributed by atoms with Crippen molar-refractivity contribution < 1.29 is 27.8 Å². The molecule has 0 unspecified atom stereocenters. The molecule has 10 nitrogen and oxygen atoms in total. The number of aromatic hydroxyl groups is 1. The van der Waals surface area contributed by atoms with E-state index in [9.17, 15) is 18.7 Å². The van der Waals surface area contributed by atoms with Crippen LogP contribution in [-0.4, -0.2) is 91.2 Å². The number of aromatic nitrogens is 5. The molecular weight excluding hydrogens is 599 g/mol. The molecule has 46 heavy (non-hydrogen) atoms. The molecule has 7 rings (SSSR count). The second kappa shape index (κ2) is 11.2. The van der Waals surface area contributed by atoms with Crippen LogP contribution >= 0.6 is 0 Å². The molecule has 5 heterocycles. The number of rotatable bonds is 6. The van der Waals surface area contributed by atoms with E-state index in [1.54, 1.807) is 21.0 Å². The van der Waals surface area contributed by atoms with E-state index in [2.05, 4.69) is 25.0 Å². The molecule has 1 N–H and O–H groups in total. The summed E-state index contributed by atoms with van der Waals surface area (Å²) in [4.78, 5) is 29.5. The largest absolute Gasteiger partial charge is 0.508 e. The Hall–Kier alpha value is -4.78. The van der Waals surface area contributed by atoms with E-state index < -0.39 is 29.4 Å². The summed E-state index contributed by atoms with van der Waals surface area (Å²) in [6, 6.07) is 5.17. The Kier molecular flexibility index (Phi) is 7.30. The van der Waals surface area contributed by atoms with Crippen molar-refractivity contribution in [3.8, 4) is 34.3 Å². The SMILES string of the molecule is CCc1c(F)ccc2cc(O)cc(-c3ncc4c(-c5cnn(C(=O)N(C)C)c5)nc(OC[C@@]56CCCN5C[C@H](F)C6)nc4c3F)c12. The lowest BCUT2D eigenvalue weighted by Gasteiger charge is -2.30. The Labute approximate surface area is 262 Å². The molecule has 2 fully saturated rings. The lowest BCUT2D eigenvalue weighted by molar-refractivity contribution is 0.107. The van der Waals surface area contributed by atoms with Gasteiger partial charge in [0.1, 0.15) is 35.6 Å². The highest BCUT2D eigenvalue weighted by atomic mass is 19.1. The fourth-order valence-electron chi connectivity index (χ4n) is 6.94. The number of phenolic OH excluding ortho intramolecular Hbond substituents is 1. The van der Waals surface area contributed by atoms with Gasteiger partial charge in [0.15, 0.2) is 5.82 Å². The number of carbonyl (C=O) groups excluding carboxylic acids is 1. The highest BCUT2D eigenvalue weighted by molar-refractivity contribution is 6.02. The zero-order valence-electron chi connectivity index (χ0n) is 25.6. The number of pyridine rings is 1. The molecule has 0 radical (unpaired) electrons. The molecule has 0 aliphatic carbocycles. The fourth-order valence-corrected chi connectivity index (χ4v) is 6.94. The number of carbonyl (C=O) groups is 1. The third-order valence-electron chi connectivity index (χ3n) is 9.09. The minimum atomic E-state index is -0.960. The van der Waals surface area contributed by atoms with Crippen molar-refractivity contribution in [1.29, 1.82) is 0 Å². The lowest BCUT2D eigenvalue weighted by atomic mass is 9.94. The Morgan fingerprint density at radius 1 is 1.17 bits per heavy atom. The molecule has 2 aliphatic rings. The minimum absolute atomic E-state index is 0.118. The number of hydrogen-bond donors (Lipinski definition) is 1. The third kappa shape index (κ3) is 4.89. The number of ether oxygens (including phenoxy) is 1. The minimum Gasteiger partial charge on any atom is -0.508 e. The molecule has 3 aromatic heterocycles. The second-order valence-electron chi connectivity index (χ2n) is 12.2. The number of hydrogen-bond acceptors (Lipinski definition) is 8. The molecule has 2 aromatic carbocycles. The van der Waals surface area contributed by atoms with Crippen molar-refractivity contribution in [1.82, 2.24) is 34.5 Å². The van der Waals surface area contributed by atoms with Gasteiger partial charge in [-0.2, -0.15) is 19.7 Å². The average Bonchev–Trinajstić information content (AvgIpc) is 3.74. The summed E-state index contributed by atoms with van der Waals surface area (Å²) in [5.74, 6) is -1.41. The molecule has 5 aromatic rings. The van der Waals surface area contributed by atoms with Gasteiger partial charge in [-0.3, -0.25) is 9.88 Å². The van der Waals surface area contributed by atoms with Gasteiger partial charge in [-0.1, -0.05) is 13.0 Å². The lowest BCUT2D eigenvalue weighted by Crippen LogP contribution is -2.43. The first-order valence-corrected chi connectivity index (χ1v) is 15.2. The van der Waals surface area contributed by atoms with Gasteiger partial charge in [0.25, 0.3) is 0 Å². The van der Waals surface area contributed by atoms with E-state index in [4.69, 9.17) is 4.74 Å². The van der Waals surface area contributed by atoms with Gasteiger partial charge in [0.05, 0.1) is 17.4 Å². The second-order valence-corrected chi connectivity index (χ2v) is 12.2. The summed E-state index contributed by atoms with van der Waals surface area (Å²) in [5.41, 5.74) is 0.430. The predicted molar refractivity (Wildman–Crippen MR) is 165 cm³/mol. The molecule has 0 spiro atoms. The summed E-state index contributed by atoms with van der Waals surface area (Å²) in [7, 11) is 3.18. The highest BCUT2D eigenvalue weighted by Crippen LogP contribution is 2.42. The van der Waals surface area contributed by atoms with Crippen LogP contribution in [0, 0.1) is 11.6 Å². The zero-order chi connectivity index (χ0) is 32.3. The van der Waals surface area contributed by atoms with Crippen LogP contribution < -0.4 is 4.74 Å². The van der Waals surface area contributed by atoms with E-state index in [1.165, 1.54) is 47.8 Å². The number of aryl methyl sites for hydroxylation is 1. The molecule has 13 heteroatoms. The first-order valence-electron chi connectivity index (χ1n) is 15.2. The van der Waals surface area contributed by atoms with E-state index in [0.717, 1.165) is 24.1 Å². The van der Waals surface area contributed by atoms with Gasteiger partial charge in [-0.05, 0) is 60.3 Å². The first kappa shape index (κ1) is 29.9. The van der Waals surface area contributed by atoms with Crippen LogP contribution in [0.3, 0.4) is 0 Å². The monoisotopic (exact) mass is 631 g/mol. The van der Waals surface area contributed by atoms with Crippen LogP contribution in [0.4, 0.5) is 18.0 Å². The average molecular weight is 632 g/mol. The van der Waals surface area contributed by atoms with Crippen molar-refractivity contribution in [3.63, 3.8) is 0 Å². The summed E-state index contributed by atoms with van der Waals surface area (Å²) in [5, 5.41) is 15.9. The number of benzene rings is 2. The summed E-state index contributed by atoms with van der Waals surface area (Å²) in [6.07, 6.45) is 5.68. The summed E-state index contributed by atoms with van der Waals surface area (Å²) < 4.78 is 53.4. The Bertz CT molecular complexity index is 2020. The maximum absolute atomic E-state index is 16.7.